The van der Waals surface area contributed by atoms with Crippen molar-refractivity contribution in [1.82, 2.24) is 14.5 Å². The summed E-state index contributed by atoms with van der Waals surface area (Å²) in [5.41, 5.74) is 3.92. The highest BCUT2D eigenvalue weighted by Crippen LogP contribution is 2.23. The smallest absolute Gasteiger partial charge is 0.329 e. The molecule has 1 N–H and O–H groups in total. The molecule has 0 spiro atoms. The van der Waals surface area contributed by atoms with Crippen LogP contribution >= 0.6 is 0 Å². The topological polar surface area (TPSA) is 120 Å². The number of nitriles is 1. The van der Waals surface area contributed by atoms with E-state index in [2.05, 4.69) is 15.7 Å². The molecule has 0 fully saturated rings. The summed E-state index contributed by atoms with van der Waals surface area (Å²) in [4.78, 5) is 30.2. The highest BCUT2D eigenvalue weighted by atomic mass is 32.2. The molecule has 10 heteroatoms. The fourth-order valence-corrected chi connectivity index (χ4v) is 6.24. The zero-order chi connectivity index (χ0) is 28.2. The Balaban J connectivity index is 1.67. The van der Waals surface area contributed by atoms with Crippen molar-refractivity contribution in [3.63, 3.8) is 0 Å². The molecule has 2 aliphatic rings. The van der Waals surface area contributed by atoms with E-state index in [1.54, 1.807) is 43.3 Å². The van der Waals surface area contributed by atoms with Crippen molar-refractivity contribution in [2.75, 3.05) is 26.7 Å². The molecule has 206 valence electrons. The van der Waals surface area contributed by atoms with Gasteiger partial charge in [-0.2, -0.15) is 9.98 Å². The number of sulfonamides is 1. The number of benzene rings is 2. The van der Waals surface area contributed by atoms with Gasteiger partial charge in [-0.05, 0) is 80.6 Å². The lowest BCUT2D eigenvalue weighted by Crippen LogP contribution is -2.55. The van der Waals surface area contributed by atoms with Crippen molar-refractivity contribution < 1.29 is 22.7 Å². The Labute approximate surface area is 230 Å². The Morgan fingerprint density at radius 2 is 1.97 bits per heavy atom. The molecule has 4 rings (SSSR count). The summed E-state index contributed by atoms with van der Waals surface area (Å²) >= 11 is 0. The first-order chi connectivity index (χ1) is 18.6. The number of rotatable bonds is 8. The van der Waals surface area contributed by atoms with Crippen LogP contribution in [-0.2, 0) is 43.7 Å². The number of carbonyl (C=O) groups excluding carboxylic acids is 2. The fraction of sp³-hybridized carbons (Fsp3) is 0.414. The van der Waals surface area contributed by atoms with Gasteiger partial charge in [0.15, 0.2) is 0 Å². The standard InChI is InChI=1S/C29H34N4O5S/c1-4-38-29(35)27-7-5-6-13-33(27)28(34)26(16-21-9-8-20(2)24(15-21)18-30)31-39(36,37)25-11-10-23-19-32(3)14-12-22(23)17-25/h5-6,8-11,15,17,26-27,31H,4,7,12-14,16,19H2,1-3H3/t26-,27+/m0/s1. The van der Waals surface area contributed by atoms with Crippen LogP contribution < -0.4 is 4.72 Å². The minimum Gasteiger partial charge on any atom is -0.464 e. The minimum atomic E-state index is -4.09. The van der Waals surface area contributed by atoms with Crippen molar-refractivity contribution in [2.24, 2.45) is 0 Å². The largest absolute Gasteiger partial charge is 0.464 e. The highest BCUT2D eigenvalue weighted by molar-refractivity contribution is 7.89. The van der Waals surface area contributed by atoms with E-state index in [-0.39, 0.29) is 30.9 Å². The molecule has 9 nitrogen and oxygen atoms in total. The molecule has 0 radical (unpaired) electrons. The van der Waals surface area contributed by atoms with E-state index in [1.807, 2.05) is 26.1 Å². The summed E-state index contributed by atoms with van der Waals surface area (Å²) in [7, 11) is -2.07. The Hall–Kier alpha value is -3.52. The van der Waals surface area contributed by atoms with Gasteiger partial charge in [-0.15, -0.1) is 0 Å². The molecule has 0 aromatic heterocycles. The number of nitrogens with one attached hydrogen (secondary N) is 1. The Bertz CT molecular complexity index is 1430. The lowest BCUT2D eigenvalue weighted by Gasteiger charge is -2.34. The molecule has 0 bridgehead atoms. The van der Waals surface area contributed by atoms with Crippen LogP contribution in [0.2, 0.25) is 0 Å². The van der Waals surface area contributed by atoms with Crippen molar-refractivity contribution in [3.05, 3.63) is 76.4 Å². The minimum absolute atomic E-state index is 0.0124. The second-order valence-electron chi connectivity index (χ2n) is 10.0. The van der Waals surface area contributed by atoms with Crippen LogP contribution in [0.4, 0.5) is 0 Å². The molecule has 0 saturated carbocycles. The van der Waals surface area contributed by atoms with Crippen LogP contribution in [0.5, 0.6) is 0 Å². The summed E-state index contributed by atoms with van der Waals surface area (Å²) < 4.78 is 35.0. The number of hydrogen-bond acceptors (Lipinski definition) is 7. The van der Waals surface area contributed by atoms with Gasteiger partial charge in [0.05, 0.1) is 23.1 Å². The Morgan fingerprint density at radius 3 is 2.72 bits per heavy atom. The van der Waals surface area contributed by atoms with E-state index in [0.29, 0.717) is 11.1 Å². The number of ether oxygens (including phenoxy) is 1. The predicted molar refractivity (Wildman–Crippen MR) is 146 cm³/mol. The van der Waals surface area contributed by atoms with Crippen LogP contribution in [0.25, 0.3) is 0 Å². The van der Waals surface area contributed by atoms with Gasteiger partial charge in [-0.3, -0.25) is 4.79 Å². The predicted octanol–water partition coefficient (Wildman–Crippen LogP) is 2.46. The average Bonchev–Trinajstić information content (AvgIpc) is 2.93. The van der Waals surface area contributed by atoms with Gasteiger partial charge in [0.1, 0.15) is 12.1 Å². The van der Waals surface area contributed by atoms with E-state index in [9.17, 15) is 23.3 Å². The third-order valence-corrected chi connectivity index (χ3v) is 8.66. The molecule has 2 aromatic carbocycles. The SMILES string of the molecule is CCOC(=O)[C@H]1CC=CCN1C(=O)[C@H](Cc1ccc(C)c(C#N)c1)NS(=O)(=O)c1ccc2c(c1)CCN(C)C2. The molecule has 2 aliphatic heterocycles. The van der Waals surface area contributed by atoms with Gasteiger partial charge in [0, 0.05) is 19.6 Å². The van der Waals surface area contributed by atoms with Gasteiger partial charge in [0.25, 0.3) is 0 Å². The van der Waals surface area contributed by atoms with E-state index in [0.717, 1.165) is 36.2 Å². The second kappa shape index (κ2) is 12.1. The first kappa shape index (κ1) is 28.5. The van der Waals surface area contributed by atoms with Crippen molar-refractivity contribution in [3.8, 4) is 6.07 Å². The lowest BCUT2D eigenvalue weighted by molar-refractivity contribution is -0.155. The number of nitrogens with zero attached hydrogens (tertiary/aromatic N) is 3. The summed E-state index contributed by atoms with van der Waals surface area (Å²) in [6.07, 6.45) is 4.62. The Morgan fingerprint density at radius 1 is 1.18 bits per heavy atom. The normalized spacial score (nSPS) is 18.2. The number of aryl methyl sites for hydroxylation is 1. The zero-order valence-electron chi connectivity index (χ0n) is 22.5. The fourth-order valence-electron chi connectivity index (χ4n) is 5.00. The third kappa shape index (κ3) is 6.56. The van der Waals surface area contributed by atoms with Crippen molar-refractivity contribution in [1.29, 1.82) is 5.26 Å². The zero-order valence-corrected chi connectivity index (χ0v) is 23.3. The van der Waals surface area contributed by atoms with Crippen LogP contribution in [-0.4, -0.2) is 68.9 Å². The van der Waals surface area contributed by atoms with Crippen LogP contribution in [0, 0.1) is 18.3 Å². The molecule has 2 heterocycles. The summed E-state index contributed by atoms with van der Waals surface area (Å²) in [5.74, 6) is -1.06. The maximum absolute atomic E-state index is 13.9. The number of esters is 1. The quantitative estimate of drug-likeness (QED) is 0.396. The van der Waals surface area contributed by atoms with E-state index in [1.165, 1.54) is 4.90 Å². The molecule has 0 saturated heterocycles. The third-order valence-electron chi connectivity index (χ3n) is 7.20. The number of fused-ring (bicyclic) bond motifs is 1. The van der Waals surface area contributed by atoms with Gasteiger partial charge in [0.2, 0.25) is 15.9 Å². The molecule has 2 aromatic rings. The van der Waals surface area contributed by atoms with E-state index < -0.39 is 34.0 Å². The molecule has 39 heavy (non-hydrogen) atoms. The second-order valence-corrected chi connectivity index (χ2v) is 11.7. The van der Waals surface area contributed by atoms with E-state index in [4.69, 9.17) is 4.74 Å². The Kier molecular flexibility index (Phi) is 8.85. The first-order valence-corrected chi connectivity index (χ1v) is 14.6. The number of likely N-dealkylation sites (N-methyl/N-ethyl adjacent to an activating group) is 1. The number of hydrogen-bond donors (Lipinski definition) is 1. The lowest BCUT2D eigenvalue weighted by atomic mass is 9.99. The van der Waals surface area contributed by atoms with Gasteiger partial charge >= 0.3 is 5.97 Å². The highest BCUT2D eigenvalue weighted by Gasteiger charge is 2.37. The maximum Gasteiger partial charge on any atom is 0.329 e. The average molecular weight is 551 g/mol. The van der Waals surface area contributed by atoms with E-state index >= 15 is 0 Å². The monoisotopic (exact) mass is 550 g/mol. The summed E-state index contributed by atoms with van der Waals surface area (Å²) in [6.45, 7) is 5.41. The first-order valence-electron chi connectivity index (χ1n) is 13.1. The molecule has 0 unspecified atom stereocenters. The van der Waals surface area contributed by atoms with Crippen molar-refractivity contribution >= 4 is 21.9 Å². The van der Waals surface area contributed by atoms with Gasteiger partial charge in [-0.25, -0.2) is 13.2 Å². The van der Waals surface area contributed by atoms with Crippen LogP contribution in [0.15, 0.2) is 53.4 Å². The van der Waals surface area contributed by atoms with Crippen molar-refractivity contribution in [2.45, 2.75) is 56.6 Å². The maximum atomic E-state index is 13.9. The summed E-state index contributed by atoms with van der Waals surface area (Å²) in [5, 5.41) is 9.49. The van der Waals surface area contributed by atoms with Crippen LogP contribution in [0.1, 0.15) is 41.2 Å². The molecular weight excluding hydrogens is 516 g/mol. The summed E-state index contributed by atoms with van der Waals surface area (Å²) in [6, 6.07) is 10.4. The number of amides is 1. The van der Waals surface area contributed by atoms with Crippen LogP contribution in [0.3, 0.4) is 0 Å². The molecule has 2 atom stereocenters. The van der Waals surface area contributed by atoms with Gasteiger partial charge < -0.3 is 14.5 Å². The number of carbonyl (C=O) groups is 2. The molecule has 1 amide bonds. The molecule has 0 aliphatic carbocycles. The molecular formula is C29H34N4O5S. The van der Waals surface area contributed by atoms with Gasteiger partial charge in [-0.1, -0.05) is 30.4 Å².